The van der Waals surface area contributed by atoms with E-state index >= 15 is 0 Å². The molecule has 0 unspecified atom stereocenters. The van der Waals surface area contributed by atoms with Crippen molar-refractivity contribution in [2.75, 3.05) is 7.05 Å². The molecule has 0 saturated heterocycles. The molecular formula is C13H16ClNO. The molecule has 0 spiro atoms. The first-order valence-corrected chi connectivity index (χ1v) is 6.05. The molecule has 1 aromatic carbocycles. The van der Waals surface area contributed by atoms with Gasteiger partial charge in [-0.15, -0.1) is 0 Å². The molecule has 0 aromatic heterocycles. The minimum atomic E-state index is -0.511. The van der Waals surface area contributed by atoms with Crippen LogP contribution in [0.4, 0.5) is 0 Å². The topological polar surface area (TPSA) is 29.1 Å². The quantitative estimate of drug-likeness (QED) is 0.857. The van der Waals surface area contributed by atoms with Crippen LogP contribution < -0.4 is 5.32 Å². The van der Waals surface area contributed by atoms with E-state index in [1.165, 1.54) is 0 Å². The third kappa shape index (κ3) is 1.87. The first kappa shape index (κ1) is 11.6. The average molecular weight is 238 g/mol. The Morgan fingerprint density at radius 3 is 2.81 bits per heavy atom. The van der Waals surface area contributed by atoms with Gasteiger partial charge in [0.2, 0.25) is 0 Å². The summed E-state index contributed by atoms with van der Waals surface area (Å²) in [4.78, 5) is 12.2. The second kappa shape index (κ2) is 4.56. The van der Waals surface area contributed by atoms with E-state index in [-0.39, 0.29) is 5.78 Å². The Balaban J connectivity index is 2.44. The summed E-state index contributed by atoms with van der Waals surface area (Å²) in [6.45, 7) is 0. The van der Waals surface area contributed by atoms with Crippen molar-refractivity contribution in [3.63, 3.8) is 0 Å². The summed E-state index contributed by atoms with van der Waals surface area (Å²) in [6, 6.07) is 7.60. The molecular weight excluding hydrogens is 222 g/mol. The summed E-state index contributed by atoms with van der Waals surface area (Å²) in [6.07, 6.45) is 3.61. The van der Waals surface area contributed by atoms with Crippen LogP contribution in [0.15, 0.2) is 24.3 Å². The number of hydrogen-bond donors (Lipinski definition) is 1. The second-order valence-corrected chi connectivity index (χ2v) is 4.73. The third-order valence-electron chi connectivity index (χ3n) is 3.43. The highest BCUT2D eigenvalue weighted by Gasteiger charge is 2.39. The minimum absolute atomic E-state index is 0.281. The number of carbonyl (C=O) groups is 1. The summed E-state index contributed by atoms with van der Waals surface area (Å²) >= 11 is 5.99. The van der Waals surface area contributed by atoms with Crippen molar-refractivity contribution in [3.05, 3.63) is 34.9 Å². The Hall–Kier alpha value is -0.860. The standard InChI is InChI=1S/C13H16ClNO/c1-15-13(8-3-2-7-12(13)16)10-5-4-6-11(14)9-10/h4-6,9,15H,2-3,7-8H2,1H3/t13-/m0/s1. The van der Waals surface area contributed by atoms with Crippen molar-refractivity contribution in [1.29, 1.82) is 0 Å². The van der Waals surface area contributed by atoms with Crippen molar-refractivity contribution in [1.82, 2.24) is 5.32 Å². The Bertz CT molecular complexity index is 405. The lowest BCUT2D eigenvalue weighted by Crippen LogP contribution is -2.49. The fourth-order valence-electron chi connectivity index (χ4n) is 2.50. The minimum Gasteiger partial charge on any atom is -0.304 e. The molecule has 1 aromatic rings. The summed E-state index contributed by atoms with van der Waals surface area (Å²) in [5.41, 5.74) is 0.482. The van der Waals surface area contributed by atoms with Crippen LogP contribution >= 0.6 is 11.6 Å². The van der Waals surface area contributed by atoms with Gasteiger partial charge in [0.25, 0.3) is 0 Å². The molecule has 2 rings (SSSR count). The Morgan fingerprint density at radius 2 is 2.19 bits per heavy atom. The maximum atomic E-state index is 12.2. The number of rotatable bonds is 2. The number of likely N-dealkylation sites (N-methyl/N-ethyl adjacent to an activating group) is 1. The molecule has 1 atom stereocenters. The van der Waals surface area contributed by atoms with Crippen LogP contribution in [0, 0.1) is 0 Å². The van der Waals surface area contributed by atoms with Crippen LogP contribution in [-0.2, 0) is 10.3 Å². The van der Waals surface area contributed by atoms with Crippen LogP contribution in [0.2, 0.25) is 5.02 Å². The third-order valence-corrected chi connectivity index (χ3v) is 3.66. The molecule has 86 valence electrons. The van der Waals surface area contributed by atoms with Crippen molar-refractivity contribution in [2.45, 2.75) is 31.2 Å². The fraction of sp³-hybridized carbons (Fsp3) is 0.462. The lowest BCUT2D eigenvalue weighted by Gasteiger charge is -2.36. The second-order valence-electron chi connectivity index (χ2n) is 4.30. The lowest BCUT2D eigenvalue weighted by molar-refractivity contribution is -0.127. The normalized spacial score (nSPS) is 25.8. The van der Waals surface area contributed by atoms with E-state index in [9.17, 15) is 4.79 Å². The van der Waals surface area contributed by atoms with Gasteiger partial charge in [0.05, 0.1) is 0 Å². The Kier molecular flexibility index (Phi) is 3.31. The number of ketones is 1. The Morgan fingerprint density at radius 1 is 1.38 bits per heavy atom. The van der Waals surface area contributed by atoms with E-state index in [4.69, 9.17) is 11.6 Å². The molecule has 1 fully saturated rings. The summed E-state index contributed by atoms with van der Waals surface area (Å²) in [5.74, 6) is 0.281. The predicted octanol–water partition coefficient (Wildman–Crippen LogP) is 2.90. The van der Waals surface area contributed by atoms with Crippen LogP contribution in [-0.4, -0.2) is 12.8 Å². The van der Waals surface area contributed by atoms with Gasteiger partial charge in [-0.05, 0) is 37.6 Å². The van der Waals surface area contributed by atoms with Crippen LogP contribution in [0.3, 0.4) is 0 Å². The molecule has 1 saturated carbocycles. The van der Waals surface area contributed by atoms with Crippen molar-refractivity contribution >= 4 is 17.4 Å². The van der Waals surface area contributed by atoms with Gasteiger partial charge in [0.1, 0.15) is 5.54 Å². The maximum absolute atomic E-state index is 12.2. The number of benzene rings is 1. The largest absolute Gasteiger partial charge is 0.304 e. The maximum Gasteiger partial charge on any atom is 0.157 e. The highest BCUT2D eigenvalue weighted by Crippen LogP contribution is 2.34. The van der Waals surface area contributed by atoms with Gasteiger partial charge in [-0.1, -0.05) is 30.2 Å². The number of Topliss-reactive ketones (excluding diaryl/α,β-unsaturated/α-hetero) is 1. The molecule has 16 heavy (non-hydrogen) atoms. The van der Waals surface area contributed by atoms with Crippen LogP contribution in [0.25, 0.3) is 0 Å². The molecule has 0 bridgehead atoms. The highest BCUT2D eigenvalue weighted by molar-refractivity contribution is 6.30. The van der Waals surface area contributed by atoms with E-state index in [0.29, 0.717) is 11.4 Å². The van der Waals surface area contributed by atoms with E-state index in [1.54, 1.807) is 0 Å². The van der Waals surface area contributed by atoms with Gasteiger partial charge < -0.3 is 5.32 Å². The molecule has 3 heteroatoms. The molecule has 0 amide bonds. The van der Waals surface area contributed by atoms with Gasteiger partial charge >= 0.3 is 0 Å². The smallest absolute Gasteiger partial charge is 0.157 e. The zero-order valence-corrected chi connectivity index (χ0v) is 10.2. The Labute approximate surface area is 101 Å². The molecule has 1 aliphatic rings. The molecule has 0 radical (unpaired) electrons. The highest BCUT2D eigenvalue weighted by atomic mass is 35.5. The van der Waals surface area contributed by atoms with Gasteiger partial charge in [-0.2, -0.15) is 0 Å². The number of nitrogens with one attached hydrogen (secondary N) is 1. The number of hydrogen-bond acceptors (Lipinski definition) is 2. The van der Waals surface area contributed by atoms with Gasteiger partial charge in [0, 0.05) is 11.4 Å². The zero-order chi connectivity index (χ0) is 11.6. The van der Waals surface area contributed by atoms with Crippen LogP contribution in [0.5, 0.6) is 0 Å². The molecule has 1 aliphatic carbocycles. The monoisotopic (exact) mass is 237 g/mol. The van der Waals surface area contributed by atoms with Crippen LogP contribution in [0.1, 0.15) is 31.2 Å². The van der Waals surface area contributed by atoms with Gasteiger partial charge in [0.15, 0.2) is 5.78 Å². The zero-order valence-electron chi connectivity index (χ0n) is 9.42. The number of carbonyl (C=O) groups excluding carboxylic acids is 1. The van der Waals surface area contributed by atoms with E-state index in [1.807, 2.05) is 31.3 Å². The van der Waals surface area contributed by atoms with Gasteiger partial charge in [-0.25, -0.2) is 0 Å². The van der Waals surface area contributed by atoms with E-state index in [2.05, 4.69) is 5.32 Å². The summed E-state index contributed by atoms with van der Waals surface area (Å²) in [7, 11) is 1.85. The first-order valence-electron chi connectivity index (χ1n) is 5.67. The predicted molar refractivity (Wildman–Crippen MR) is 65.7 cm³/mol. The van der Waals surface area contributed by atoms with E-state index in [0.717, 1.165) is 24.8 Å². The number of halogens is 1. The summed E-state index contributed by atoms with van der Waals surface area (Å²) in [5, 5.41) is 3.89. The van der Waals surface area contributed by atoms with Gasteiger partial charge in [-0.3, -0.25) is 4.79 Å². The average Bonchev–Trinajstić information content (AvgIpc) is 2.30. The molecule has 0 heterocycles. The SMILES string of the molecule is CN[C@]1(c2cccc(Cl)c2)CCCCC1=O. The lowest BCUT2D eigenvalue weighted by atomic mass is 9.75. The molecule has 1 N–H and O–H groups in total. The van der Waals surface area contributed by atoms with E-state index < -0.39 is 5.54 Å². The fourth-order valence-corrected chi connectivity index (χ4v) is 2.69. The first-order chi connectivity index (χ1) is 7.69. The van der Waals surface area contributed by atoms with Crippen molar-refractivity contribution < 1.29 is 4.79 Å². The van der Waals surface area contributed by atoms with Crippen molar-refractivity contribution in [3.8, 4) is 0 Å². The molecule has 2 nitrogen and oxygen atoms in total. The summed E-state index contributed by atoms with van der Waals surface area (Å²) < 4.78 is 0. The van der Waals surface area contributed by atoms with Crippen molar-refractivity contribution in [2.24, 2.45) is 0 Å². The molecule has 0 aliphatic heterocycles.